The van der Waals surface area contributed by atoms with Crippen molar-refractivity contribution in [3.8, 4) is 5.75 Å². The van der Waals surface area contributed by atoms with Crippen molar-refractivity contribution in [3.05, 3.63) is 64.1 Å². The van der Waals surface area contributed by atoms with Crippen molar-refractivity contribution in [2.24, 2.45) is 0 Å². The Hall–Kier alpha value is -4.49. The number of benzene rings is 2. The number of methoxy groups -OCH3 is 1. The van der Waals surface area contributed by atoms with E-state index in [1.807, 2.05) is 18.2 Å². The summed E-state index contributed by atoms with van der Waals surface area (Å²) in [7, 11) is 3.51. The molecular weight excluding hydrogens is 822 g/mol. The molecule has 16 nitrogen and oxygen atoms in total. The molecule has 0 spiro atoms. The van der Waals surface area contributed by atoms with Gasteiger partial charge in [-0.1, -0.05) is 67.8 Å². The van der Waals surface area contributed by atoms with E-state index in [1.165, 1.54) is 45.7 Å². The molecule has 4 atom stereocenters. The van der Waals surface area contributed by atoms with Crippen LogP contribution in [0.2, 0.25) is 0 Å². The lowest BCUT2D eigenvalue weighted by molar-refractivity contribution is -0.141. The molecule has 0 unspecified atom stereocenters. The minimum absolute atomic E-state index is 0.00682. The molecule has 2 heterocycles. The molecule has 2 saturated heterocycles. The Bertz CT molecular complexity index is 1730. The summed E-state index contributed by atoms with van der Waals surface area (Å²) in [5, 5.41) is 10.5. The van der Waals surface area contributed by atoms with E-state index < -0.39 is 78.2 Å². The highest BCUT2D eigenvalue weighted by atomic mass is 79.9. The van der Waals surface area contributed by atoms with E-state index in [0.29, 0.717) is 18.4 Å². The number of fused-ring (bicyclic) bond motifs is 1. The van der Waals surface area contributed by atoms with Crippen LogP contribution in [0.5, 0.6) is 5.75 Å². The Morgan fingerprint density at radius 2 is 1.67 bits per heavy atom. The normalized spacial score (nSPS) is 20.8. The van der Waals surface area contributed by atoms with Gasteiger partial charge in [-0.05, 0) is 57.4 Å². The fraction of sp³-hybridized carbons (Fsp3) is 0.472. The topological polar surface area (TPSA) is 208 Å². The molecule has 2 aromatic rings. The number of amides is 5. The van der Waals surface area contributed by atoms with E-state index in [4.69, 9.17) is 14.2 Å². The predicted octanol–water partition coefficient (Wildman–Crippen LogP) is 3.25. The number of nitrogens with zero attached hydrogens (tertiary/aromatic N) is 1. The van der Waals surface area contributed by atoms with Crippen molar-refractivity contribution in [1.29, 1.82) is 0 Å². The van der Waals surface area contributed by atoms with Crippen LogP contribution in [-0.2, 0) is 51.2 Å². The second kappa shape index (κ2) is 20.4. The van der Waals surface area contributed by atoms with Gasteiger partial charge in [-0.3, -0.25) is 24.0 Å². The highest BCUT2D eigenvalue weighted by molar-refractivity contribution is 9.10. The number of ether oxygens (including phenoxy) is 4. The number of nitrogens with one attached hydrogen (secondary N) is 4. The molecule has 0 aliphatic carbocycles. The van der Waals surface area contributed by atoms with Gasteiger partial charge in [0.1, 0.15) is 48.7 Å². The third-order valence-electron chi connectivity index (χ3n) is 8.15. The van der Waals surface area contributed by atoms with E-state index in [1.54, 1.807) is 39.0 Å². The van der Waals surface area contributed by atoms with Crippen LogP contribution in [0.3, 0.4) is 0 Å². The lowest BCUT2D eigenvalue weighted by Gasteiger charge is -2.31. The summed E-state index contributed by atoms with van der Waals surface area (Å²) >= 11 is 3.40. The van der Waals surface area contributed by atoms with Crippen LogP contribution in [0.1, 0.15) is 44.7 Å². The van der Waals surface area contributed by atoms with Crippen molar-refractivity contribution < 1.29 is 52.5 Å². The molecular formula is C36H44BrN5O11S2. The maximum atomic E-state index is 13.9. The Morgan fingerprint density at radius 3 is 2.36 bits per heavy atom. The monoisotopic (exact) mass is 865 g/mol. The lowest BCUT2D eigenvalue weighted by atomic mass is 10.0. The van der Waals surface area contributed by atoms with Crippen LogP contribution in [0.4, 0.5) is 9.59 Å². The van der Waals surface area contributed by atoms with Crippen molar-refractivity contribution in [1.82, 2.24) is 26.2 Å². The average Bonchev–Trinajstić information content (AvgIpc) is 3.63. The zero-order valence-corrected chi connectivity index (χ0v) is 33.9. The first-order chi connectivity index (χ1) is 26.1. The zero-order valence-electron chi connectivity index (χ0n) is 30.7. The zero-order chi connectivity index (χ0) is 40.1. The summed E-state index contributed by atoms with van der Waals surface area (Å²) in [6.45, 7) is 4.87. The first-order valence-corrected chi connectivity index (χ1v) is 20.6. The maximum absolute atomic E-state index is 13.9. The van der Waals surface area contributed by atoms with Gasteiger partial charge in [0.05, 0.1) is 7.11 Å². The van der Waals surface area contributed by atoms with E-state index in [0.717, 1.165) is 10.0 Å². The number of rotatable bonds is 9. The van der Waals surface area contributed by atoms with E-state index in [2.05, 4.69) is 41.9 Å². The number of halogens is 1. The molecule has 0 aromatic heterocycles. The van der Waals surface area contributed by atoms with Gasteiger partial charge in [-0.15, -0.1) is 0 Å². The molecule has 298 valence electrons. The number of hydrogen-bond donors (Lipinski definition) is 4. The van der Waals surface area contributed by atoms with Crippen LogP contribution in [0.15, 0.2) is 53.0 Å². The fourth-order valence-corrected chi connectivity index (χ4v) is 8.17. The van der Waals surface area contributed by atoms with Crippen molar-refractivity contribution in [2.75, 3.05) is 31.7 Å². The number of carbonyl (C=O) groups is 7. The maximum Gasteiger partial charge on any atom is 0.514 e. The van der Waals surface area contributed by atoms with Gasteiger partial charge in [0.2, 0.25) is 23.6 Å². The Labute approximate surface area is 334 Å². The Morgan fingerprint density at radius 1 is 0.964 bits per heavy atom. The molecule has 0 bridgehead atoms. The second-order valence-electron chi connectivity index (χ2n) is 13.5. The molecule has 2 aliphatic heterocycles. The lowest BCUT2D eigenvalue weighted by Crippen LogP contribution is -2.59. The Kier molecular flexibility index (Phi) is 16.1. The molecule has 55 heavy (non-hydrogen) atoms. The molecule has 4 N–H and O–H groups in total. The summed E-state index contributed by atoms with van der Waals surface area (Å²) < 4.78 is 21.3. The first kappa shape index (κ1) is 43.2. The van der Waals surface area contributed by atoms with Crippen molar-refractivity contribution in [2.45, 2.75) is 76.4 Å². The van der Waals surface area contributed by atoms with Crippen LogP contribution >= 0.6 is 37.5 Å². The molecule has 0 saturated carbocycles. The van der Waals surface area contributed by atoms with Gasteiger partial charge in [0.15, 0.2) is 0 Å². The second-order valence-corrected chi connectivity index (χ2v) is 16.9. The fourth-order valence-electron chi connectivity index (χ4n) is 5.45. The Balaban J connectivity index is 1.53. The molecule has 2 fully saturated rings. The summed E-state index contributed by atoms with van der Waals surface area (Å²) in [6, 6.07) is 9.06. The average molecular weight is 867 g/mol. The SMILES string of the molecule is COC(=O)CNC(=O)[C@@H]1CSSC[C@H](NC(=O)OC(C)(C)C)C(=O)N2CCC[C@H]2C(=O)N[C@@H](Cc2ccc(OC(=O)OCc3ccccc3Br)cc2)C(=O)N1. The summed E-state index contributed by atoms with van der Waals surface area (Å²) in [5.74, 6) is -2.94. The van der Waals surface area contributed by atoms with Gasteiger partial charge < -0.3 is 45.1 Å². The van der Waals surface area contributed by atoms with Crippen LogP contribution in [0, 0.1) is 0 Å². The number of esters is 1. The van der Waals surface area contributed by atoms with Gasteiger partial charge >= 0.3 is 18.2 Å². The van der Waals surface area contributed by atoms with E-state index in [-0.39, 0.29) is 36.8 Å². The standard InChI is InChI=1S/C36H44BrN5O11S2/c1-36(2,3)53-34(48)41-27-20-55-54-19-26(30(44)38-17-29(43)50-4)40-31(45)25(39-32(46)28-10-7-15-42(28)33(27)47)16-21-11-13-23(14-12-21)52-35(49)51-18-22-8-5-6-9-24(22)37/h5-6,8-9,11-14,25-28H,7,10,15-20H2,1-4H3,(H,38,44)(H,39,46)(H,40,45)(H,41,48)/t25-,26-,27-,28-/m0/s1. The van der Waals surface area contributed by atoms with Crippen molar-refractivity contribution >= 4 is 79.4 Å². The third-order valence-corrected chi connectivity index (χ3v) is 11.3. The number of hydrogen-bond acceptors (Lipinski definition) is 13. The summed E-state index contributed by atoms with van der Waals surface area (Å²) in [4.78, 5) is 93.1. The van der Waals surface area contributed by atoms with Crippen LogP contribution in [0.25, 0.3) is 0 Å². The molecule has 5 amide bonds. The van der Waals surface area contributed by atoms with Crippen molar-refractivity contribution in [3.63, 3.8) is 0 Å². The quantitative estimate of drug-likeness (QED) is 0.124. The molecule has 2 aromatic carbocycles. The highest BCUT2D eigenvalue weighted by Gasteiger charge is 2.40. The van der Waals surface area contributed by atoms with Crippen LogP contribution < -0.4 is 26.0 Å². The largest absolute Gasteiger partial charge is 0.514 e. The van der Waals surface area contributed by atoms with Gasteiger partial charge in [0, 0.05) is 34.5 Å². The highest BCUT2D eigenvalue weighted by Crippen LogP contribution is 2.27. The molecule has 19 heteroatoms. The minimum Gasteiger partial charge on any atom is -0.468 e. The van der Waals surface area contributed by atoms with Crippen LogP contribution in [-0.4, -0.2) is 108 Å². The summed E-state index contributed by atoms with van der Waals surface area (Å²) in [6.07, 6.45) is -0.954. The smallest absolute Gasteiger partial charge is 0.468 e. The predicted molar refractivity (Wildman–Crippen MR) is 207 cm³/mol. The molecule has 2 aliphatic rings. The number of alkyl carbamates (subject to hydrolysis) is 1. The molecule has 4 rings (SSSR count). The number of carbonyl (C=O) groups excluding carboxylic acids is 7. The van der Waals surface area contributed by atoms with E-state index >= 15 is 0 Å². The van der Waals surface area contributed by atoms with Gasteiger partial charge in [0.25, 0.3) is 0 Å². The van der Waals surface area contributed by atoms with Gasteiger partial charge in [-0.2, -0.15) is 0 Å². The summed E-state index contributed by atoms with van der Waals surface area (Å²) in [5.41, 5.74) is 0.485. The third kappa shape index (κ3) is 13.6. The minimum atomic E-state index is -1.22. The first-order valence-electron chi connectivity index (χ1n) is 17.3. The van der Waals surface area contributed by atoms with Gasteiger partial charge in [-0.25, -0.2) is 9.59 Å². The molecule has 0 radical (unpaired) electrons. The van der Waals surface area contributed by atoms with E-state index in [9.17, 15) is 33.6 Å².